The number of rotatable bonds is 3. The Bertz CT molecular complexity index is 618. The van der Waals surface area contributed by atoms with Crippen LogP contribution in [-0.4, -0.2) is 10.8 Å². The molecule has 3 rings (SSSR count). The summed E-state index contributed by atoms with van der Waals surface area (Å²) in [7, 11) is 0. The van der Waals surface area contributed by atoms with Gasteiger partial charge in [0.2, 0.25) is 0 Å². The molecule has 1 nitrogen and oxygen atoms in total. The molecule has 0 saturated carbocycles. The monoisotopic (exact) mass is 297 g/mol. The third-order valence-electron chi connectivity index (χ3n) is 2.95. The molecule has 0 atom stereocenters. The molecule has 0 radical (unpaired) electrons. The SMILES string of the molecule is C(/Sc1ccccc1)=C1\CCSC1=Nc1ccccc1. The van der Waals surface area contributed by atoms with Crippen LogP contribution >= 0.6 is 23.5 Å². The molecule has 2 aromatic rings. The summed E-state index contributed by atoms with van der Waals surface area (Å²) in [6, 6.07) is 20.6. The van der Waals surface area contributed by atoms with Gasteiger partial charge in [-0.15, -0.1) is 11.8 Å². The van der Waals surface area contributed by atoms with Gasteiger partial charge in [0, 0.05) is 10.6 Å². The van der Waals surface area contributed by atoms with Gasteiger partial charge in [-0.05, 0) is 41.7 Å². The minimum absolute atomic E-state index is 1.03. The highest BCUT2D eigenvalue weighted by Crippen LogP contribution is 2.32. The Labute approximate surface area is 128 Å². The van der Waals surface area contributed by atoms with Crippen molar-refractivity contribution in [1.82, 2.24) is 0 Å². The average Bonchev–Trinajstić information content (AvgIpc) is 2.94. The van der Waals surface area contributed by atoms with Crippen LogP contribution in [0, 0.1) is 0 Å². The molecular weight excluding hydrogens is 282 g/mol. The summed E-state index contributed by atoms with van der Waals surface area (Å²) in [5.74, 6) is 1.13. The lowest BCUT2D eigenvalue weighted by Crippen LogP contribution is -1.88. The zero-order valence-electron chi connectivity index (χ0n) is 11.0. The van der Waals surface area contributed by atoms with Crippen molar-refractivity contribution in [2.45, 2.75) is 11.3 Å². The molecule has 20 heavy (non-hydrogen) atoms. The molecule has 1 heterocycles. The molecule has 100 valence electrons. The van der Waals surface area contributed by atoms with E-state index in [-0.39, 0.29) is 0 Å². The van der Waals surface area contributed by atoms with Gasteiger partial charge in [0.15, 0.2) is 0 Å². The Kier molecular flexibility index (Phi) is 4.61. The summed E-state index contributed by atoms with van der Waals surface area (Å²) in [5.41, 5.74) is 2.39. The van der Waals surface area contributed by atoms with E-state index >= 15 is 0 Å². The van der Waals surface area contributed by atoms with Crippen LogP contribution in [-0.2, 0) is 0 Å². The molecule has 1 saturated heterocycles. The maximum atomic E-state index is 4.75. The van der Waals surface area contributed by atoms with Gasteiger partial charge in [-0.3, -0.25) is 0 Å². The predicted octanol–water partition coefficient (Wildman–Crippen LogP) is 5.53. The number of benzene rings is 2. The zero-order valence-corrected chi connectivity index (χ0v) is 12.7. The fourth-order valence-corrected chi connectivity index (χ4v) is 3.86. The quantitative estimate of drug-likeness (QED) is 0.691. The van der Waals surface area contributed by atoms with E-state index < -0.39 is 0 Å². The molecule has 0 amide bonds. The maximum absolute atomic E-state index is 4.75. The average molecular weight is 297 g/mol. The Morgan fingerprint density at radius 1 is 0.950 bits per heavy atom. The molecule has 0 aliphatic carbocycles. The lowest BCUT2D eigenvalue weighted by Gasteiger charge is -2.00. The smallest absolute Gasteiger partial charge is 0.100 e. The first-order chi connectivity index (χ1) is 9.92. The normalized spacial score (nSPS) is 18.8. The van der Waals surface area contributed by atoms with Crippen LogP contribution in [0.25, 0.3) is 0 Å². The highest BCUT2D eigenvalue weighted by Gasteiger charge is 2.16. The van der Waals surface area contributed by atoms with Crippen molar-refractivity contribution in [3.8, 4) is 0 Å². The van der Waals surface area contributed by atoms with Gasteiger partial charge in [0.25, 0.3) is 0 Å². The second-order valence-electron chi connectivity index (χ2n) is 4.42. The van der Waals surface area contributed by atoms with Crippen LogP contribution in [0.2, 0.25) is 0 Å². The molecule has 0 unspecified atom stereocenters. The predicted molar refractivity (Wildman–Crippen MR) is 91.0 cm³/mol. The molecule has 0 N–H and O–H groups in total. The number of aliphatic imine (C=N–C) groups is 1. The Morgan fingerprint density at radius 2 is 1.65 bits per heavy atom. The Balaban J connectivity index is 1.77. The van der Waals surface area contributed by atoms with Crippen LogP contribution in [0.3, 0.4) is 0 Å². The van der Waals surface area contributed by atoms with Crippen molar-refractivity contribution in [3.05, 3.63) is 71.6 Å². The van der Waals surface area contributed by atoms with Crippen molar-refractivity contribution in [2.24, 2.45) is 4.99 Å². The van der Waals surface area contributed by atoms with Crippen LogP contribution < -0.4 is 0 Å². The summed E-state index contributed by atoms with van der Waals surface area (Å²) in [6.07, 6.45) is 1.11. The molecule has 1 aliphatic rings. The third-order valence-corrected chi connectivity index (χ3v) is 4.93. The molecule has 0 spiro atoms. The fraction of sp³-hybridized carbons (Fsp3) is 0.118. The molecule has 0 bridgehead atoms. The van der Waals surface area contributed by atoms with Gasteiger partial charge in [0.05, 0.1) is 5.69 Å². The maximum Gasteiger partial charge on any atom is 0.100 e. The van der Waals surface area contributed by atoms with Gasteiger partial charge in [-0.1, -0.05) is 48.2 Å². The summed E-state index contributed by atoms with van der Waals surface area (Å²) in [5, 5.41) is 3.41. The summed E-state index contributed by atoms with van der Waals surface area (Å²) in [6.45, 7) is 0. The van der Waals surface area contributed by atoms with Crippen molar-refractivity contribution in [3.63, 3.8) is 0 Å². The number of para-hydroxylation sites is 1. The second-order valence-corrected chi connectivity index (χ2v) is 6.45. The molecule has 2 aromatic carbocycles. The van der Waals surface area contributed by atoms with Crippen molar-refractivity contribution >= 4 is 34.3 Å². The second kappa shape index (κ2) is 6.82. The lowest BCUT2D eigenvalue weighted by molar-refractivity contribution is 1.23. The minimum atomic E-state index is 1.03. The molecule has 3 heteroatoms. The van der Waals surface area contributed by atoms with E-state index in [4.69, 9.17) is 4.99 Å². The van der Waals surface area contributed by atoms with E-state index in [9.17, 15) is 0 Å². The number of hydrogen-bond acceptors (Lipinski definition) is 3. The molecule has 1 aliphatic heterocycles. The number of hydrogen-bond donors (Lipinski definition) is 0. The lowest BCUT2D eigenvalue weighted by atomic mass is 10.2. The minimum Gasteiger partial charge on any atom is -0.242 e. The topological polar surface area (TPSA) is 12.4 Å². The Hall–Kier alpha value is -1.45. The number of nitrogens with zero attached hydrogens (tertiary/aromatic N) is 1. The van der Waals surface area contributed by atoms with Gasteiger partial charge in [-0.25, -0.2) is 4.99 Å². The van der Waals surface area contributed by atoms with E-state index in [0.717, 1.165) is 17.9 Å². The summed E-state index contributed by atoms with van der Waals surface area (Å²) < 4.78 is 0. The van der Waals surface area contributed by atoms with E-state index in [2.05, 4.69) is 29.7 Å². The highest BCUT2D eigenvalue weighted by atomic mass is 32.2. The molecular formula is C17H15NS2. The zero-order chi connectivity index (χ0) is 13.6. The van der Waals surface area contributed by atoms with Crippen LogP contribution in [0.4, 0.5) is 5.69 Å². The molecule has 1 fully saturated rings. The third kappa shape index (κ3) is 3.56. The largest absolute Gasteiger partial charge is 0.242 e. The van der Waals surface area contributed by atoms with E-state index in [1.807, 2.05) is 48.2 Å². The van der Waals surface area contributed by atoms with Crippen LogP contribution in [0.1, 0.15) is 6.42 Å². The van der Waals surface area contributed by atoms with E-state index in [0.29, 0.717) is 0 Å². The van der Waals surface area contributed by atoms with Gasteiger partial charge >= 0.3 is 0 Å². The van der Waals surface area contributed by atoms with Gasteiger partial charge in [-0.2, -0.15) is 0 Å². The standard InChI is InChI=1S/C17H15NS2/c1-3-7-15(8-4-1)18-17-14(11-12-19-17)13-20-16-9-5-2-6-10-16/h1-10,13H,11-12H2/b14-13-,18-17?. The van der Waals surface area contributed by atoms with Gasteiger partial charge < -0.3 is 0 Å². The number of thioether (sulfide) groups is 2. The summed E-state index contributed by atoms with van der Waals surface area (Å²) >= 11 is 3.62. The van der Waals surface area contributed by atoms with Crippen molar-refractivity contribution in [1.29, 1.82) is 0 Å². The van der Waals surface area contributed by atoms with Crippen molar-refractivity contribution in [2.75, 3.05) is 5.75 Å². The van der Waals surface area contributed by atoms with Crippen LogP contribution in [0.15, 0.2) is 81.5 Å². The van der Waals surface area contributed by atoms with Gasteiger partial charge in [0.1, 0.15) is 5.04 Å². The first-order valence-electron chi connectivity index (χ1n) is 6.59. The van der Waals surface area contributed by atoms with E-state index in [1.54, 1.807) is 11.8 Å². The van der Waals surface area contributed by atoms with Crippen molar-refractivity contribution < 1.29 is 0 Å². The highest BCUT2D eigenvalue weighted by molar-refractivity contribution is 8.15. The first-order valence-corrected chi connectivity index (χ1v) is 8.46. The van der Waals surface area contributed by atoms with E-state index in [1.165, 1.54) is 15.5 Å². The first kappa shape index (κ1) is 13.5. The summed E-state index contributed by atoms with van der Waals surface area (Å²) in [4.78, 5) is 6.02. The fourth-order valence-electron chi connectivity index (χ4n) is 1.93. The Morgan fingerprint density at radius 3 is 2.40 bits per heavy atom. The van der Waals surface area contributed by atoms with Crippen LogP contribution in [0.5, 0.6) is 0 Å². The molecule has 0 aromatic heterocycles.